The molecule has 1 unspecified atom stereocenters. The molecule has 0 spiro atoms. The Morgan fingerprint density at radius 2 is 1.72 bits per heavy atom. The average molecular weight is 413 g/mol. The van der Waals surface area contributed by atoms with Crippen LogP contribution in [0.25, 0.3) is 0 Å². The summed E-state index contributed by atoms with van der Waals surface area (Å²) in [6.45, 7) is 7.00. The van der Waals surface area contributed by atoms with Gasteiger partial charge in [0, 0.05) is 13.5 Å². The van der Waals surface area contributed by atoms with Gasteiger partial charge in [-0.3, -0.25) is 4.79 Å². The molecule has 1 rings (SSSR count). The van der Waals surface area contributed by atoms with E-state index in [4.69, 9.17) is 4.74 Å². The molecule has 0 aromatic rings. The maximum absolute atomic E-state index is 12.1. The van der Waals surface area contributed by atoms with E-state index in [2.05, 4.69) is 25.5 Å². The number of ether oxygens (including phenoxy) is 2. The van der Waals surface area contributed by atoms with E-state index in [1.54, 1.807) is 0 Å². The van der Waals surface area contributed by atoms with Crippen LogP contribution in [0.15, 0.2) is 0 Å². The summed E-state index contributed by atoms with van der Waals surface area (Å²) in [6, 6.07) is 0. The van der Waals surface area contributed by atoms with Crippen LogP contribution in [0, 0.1) is 17.3 Å². The fraction of sp³-hybridized carbons (Fsp3) is 0.917. The quantitative estimate of drug-likeness (QED) is 0.231. The largest absolute Gasteiger partial charge is 0.467 e. The lowest BCUT2D eigenvalue weighted by Crippen LogP contribution is -2.33. The predicted octanol–water partition coefficient (Wildman–Crippen LogP) is 5.08. The second-order valence-corrected chi connectivity index (χ2v) is 9.58. The highest BCUT2D eigenvalue weighted by Gasteiger charge is 2.34. The van der Waals surface area contributed by atoms with E-state index in [0.717, 1.165) is 32.1 Å². The molecule has 0 bridgehead atoms. The van der Waals surface area contributed by atoms with Gasteiger partial charge < -0.3 is 14.6 Å². The van der Waals surface area contributed by atoms with Gasteiger partial charge in [-0.2, -0.15) is 0 Å². The molecular weight excluding hydrogens is 368 g/mol. The lowest BCUT2D eigenvalue weighted by molar-refractivity contribution is -0.157. The SMILES string of the molecule is CCCCC(C)(C)CCC[C@H]1CC[C@H](O)[C@@H]1CCCCC(=O)C(OC)C(=O)OC. The Bertz CT molecular complexity index is 488. The van der Waals surface area contributed by atoms with Crippen molar-refractivity contribution in [3.8, 4) is 0 Å². The van der Waals surface area contributed by atoms with Crippen molar-refractivity contribution in [1.29, 1.82) is 0 Å². The molecule has 1 N–H and O–H groups in total. The number of carbonyl (C=O) groups is 2. The van der Waals surface area contributed by atoms with Crippen molar-refractivity contribution in [3.05, 3.63) is 0 Å². The molecule has 0 aromatic carbocycles. The Labute approximate surface area is 177 Å². The molecule has 0 aromatic heterocycles. The highest BCUT2D eigenvalue weighted by Crippen LogP contribution is 2.40. The summed E-state index contributed by atoms with van der Waals surface area (Å²) in [5.74, 6) is 0.0926. The van der Waals surface area contributed by atoms with Crippen LogP contribution in [0.3, 0.4) is 0 Å². The lowest BCUT2D eigenvalue weighted by atomic mass is 9.79. The molecule has 5 heteroatoms. The van der Waals surface area contributed by atoms with E-state index >= 15 is 0 Å². The van der Waals surface area contributed by atoms with Gasteiger partial charge in [0.15, 0.2) is 5.78 Å². The van der Waals surface area contributed by atoms with E-state index in [0.29, 0.717) is 23.7 Å². The number of carbonyl (C=O) groups excluding carboxylic acids is 2. The number of aliphatic hydroxyl groups excluding tert-OH is 1. The van der Waals surface area contributed by atoms with Crippen LogP contribution in [0.2, 0.25) is 0 Å². The molecule has 1 saturated carbocycles. The number of esters is 1. The van der Waals surface area contributed by atoms with Gasteiger partial charge in [-0.25, -0.2) is 4.79 Å². The van der Waals surface area contributed by atoms with Gasteiger partial charge in [0.25, 0.3) is 0 Å². The molecular formula is C24H44O5. The Kier molecular flexibility index (Phi) is 12.0. The van der Waals surface area contributed by atoms with Gasteiger partial charge in [0.05, 0.1) is 13.2 Å². The number of rotatable bonds is 15. The Morgan fingerprint density at radius 3 is 2.34 bits per heavy atom. The number of hydrogen-bond acceptors (Lipinski definition) is 5. The van der Waals surface area contributed by atoms with E-state index in [9.17, 15) is 14.7 Å². The first kappa shape index (κ1) is 26.1. The van der Waals surface area contributed by atoms with Gasteiger partial charge in [0.1, 0.15) is 0 Å². The Hall–Kier alpha value is -0.940. The minimum Gasteiger partial charge on any atom is -0.467 e. The topological polar surface area (TPSA) is 72.8 Å². The molecule has 0 radical (unpaired) electrons. The highest BCUT2D eigenvalue weighted by atomic mass is 16.6. The van der Waals surface area contributed by atoms with Crippen molar-refractivity contribution in [2.45, 2.75) is 110 Å². The first-order valence-corrected chi connectivity index (χ1v) is 11.6. The molecule has 0 saturated heterocycles. The number of methoxy groups -OCH3 is 2. The van der Waals surface area contributed by atoms with Crippen molar-refractivity contribution < 1.29 is 24.2 Å². The van der Waals surface area contributed by atoms with Crippen LogP contribution in [-0.2, 0) is 19.1 Å². The lowest BCUT2D eigenvalue weighted by Gasteiger charge is -2.27. The molecule has 29 heavy (non-hydrogen) atoms. The van der Waals surface area contributed by atoms with Crippen molar-refractivity contribution in [2.24, 2.45) is 17.3 Å². The van der Waals surface area contributed by atoms with E-state index in [1.807, 2.05) is 0 Å². The number of unbranched alkanes of at least 4 members (excludes halogenated alkanes) is 2. The van der Waals surface area contributed by atoms with E-state index in [-0.39, 0.29) is 11.9 Å². The zero-order valence-electron chi connectivity index (χ0n) is 19.4. The highest BCUT2D eigenvalue weighted by molar-refractivity contribution is 6.01. The summed E-state index contributed by atoms with van der Waals surface area (Å²) in [5.41, 5.74) is 0.417. The second-order valence-electron chi connectivity index (χ2n) is 9.58. The molecule has 1 aliphatic rings. The first-order valence-electron chi connectivity index (χ1n) is 11.6. The van der Waals surface area contributed by atoms with Crippen LogP contribution in [0.1, 0.15) is 97.8 Å². The van der Waals surface area contributed by atoms with Crippen molar-refractivity contribution in [3.63, 3.8) is 0 Å². The van der Waals surface area contributed by atoms with Crippen LogP contribution in [-0.4, -0.2) is 43.3 Å². The number of aliphatic hydroxyl groups is 1. The normalized spacial score (nSPS) is 23.2. The first-order chi connectivity index (χ1) is 13.8. The molecule has 0 aliphatic heterocycles. The van der Waals surface area contributed by atoms with Gasteiger partial charge in [0.2, 0.25) is 6.10 Å². The van der Waals surface area contributed by atoms with Gasteiger partial charge in [-0.15, -0.1) is 0 Å². The summed E-state index contributed by atoms with van der Waals surface area (Å²) in [7, 11) is 2.61. The monoisotopic (exact) mass is 412 g/mol. The fourth-order valence-corrected chi connectivity index (χ4v) is 4.81. The van der Waals surface area contributed by atoms with Crippen molar-refractivity contribution in [1.82, 2.24) is 0 Å². The number of hydrogen-bond donors (Lipinski definition) is 1. The van der Waals surface area contributed by atoms with Crippen LogP contribution in [0.5, 0.6) is 0 Å². The minimum atomic E-state index is -1.11. The van der Waals surface area contributed by atoms with Crippen molar-refractivity contribution >= 4 is 11.8 Å². The molecule has 5 nitrogen and oxygen atoms in total. The average Bonchev–Trinajstić information content (AvgIpc) is 3.03. The maximum Gasteiger partial charge on any atom is 0.342 e. The number of Topliss-reactive ketones (excluding diaryl/α,β-unsaturated/α-hetero) is 1. The molecule has 0 heterocycles. The Morgan fingerprint density at radius 1 is 1.03 bits per heavy atom. The minimum absolute atomic E-state index is 0.203. The fourth-order valence-electron chi connectivity index (χ4n) is 4.81. The third-order valence-corrected chi connectivity index (χ3v) is 6.72. The summed E-state index contributed by atoms with van der Waals surface area (Å²) in [4.78, 5) is 23.7. The second kappa shape index (κ2) is 13.4. The summed E-state index contributed by atoms with van der Waals surface area (Å²) in [6.07, 6.45) is 11.1. The molecule has 0 amide bonds. The van der Waals surface area contributed by atoms with Gasteiger partial charge >= 0.3 is 5.97 Å². The van der Waals surface area contributed by atoms with Crippen LogP contribution < -0.4 is 0 Å². The van der Waals surface area contributed by atoms with Crippen molar-refractivity contribution in [2.75, 3.05) is 14.2 Å². The zero-order valence-corrected chi connectivity index (χ0v) is 19.4. The zero-order chi connectivity index (χ0) is 21.9. The predicted molar refractivity (Wildman–Crippen MR) is 116 cm³/mol. The molecule has 1 aliphatic carbocycles. The third kappa shape index (κ3) is 9.17. The van der Waals surface area contributed by atoms with Gasteiger partial charge in [-0.1, -0.05) is 52.9 Å². The van der Waals surface area contributed by atoms with Crippen LogP contribution in [0.4, 0.5) is 0 Å². The van der Waals surface area contributed by atoms with Gasteiger partial charge in [-0.05, 0) is 55.8 Å². The smallest absolute Gasteiger partial charge is 0.342 e. The van der Waals surface area contributed by atoms with Crippen LogP contribution >= 0.6 is 0 Å². The standard InChI is InChI=1S/C24H44O5/c1-6-7-16-24(2,3)17-10-11-18-14-15-20(25)19(18)12-8-9-13-21(26)22(28-4)23(27)29-5/h18-20,22,25H,6-17H2,1-5H3/t18-,19+,20-,22?/m0/s1. The number of ketones is 1. The summed E-state index contributed by atoms with van der Waals surface area (Å²) in [5, 5.41) is 10.4. The van der Waals surface area contributed by atoms with E-state index < -0.39 is 12.1 Å². The maximum atomic E-state index is 12.1. The molecule has 1 fully saturated rings. The summed E-state index contributed by atoms with van der Waals surface area (Å²) < 4.78 is 9.57. The van der Waals surface area contributed by atoms with E-state index in [1.165, 1.54) is 52.7 Å². The molecule has 170 valence electrons. The third-order valence-electron chi connectivity index (χ3n) is 6.72. The Balaban J connectivity index is 2.36. The summed E-state index contributed by atoms with van der Waals surface area (Å²) >= 11 is 0. The molecule has 4 atom stereocenters.